The second-order valence-electron chi connectivity index (χ2n) is 7.76. The predicted molar refractivity (Wildman–Crippen MR) is 129 cm³/mol. The maximum absolute atomic E-state index is 13.3. The molecule has 4 nitrogen and oxygen atoms in total. The van der Waals surface area contributed by atoms with Gasteiger partial charge in [0.15, 0.2) is 6.10 Å². The molecule has 0 heterocycles. The molecule has 0 aliphatic carbocycles. The summed E-state index contributed by atoms with van der Waals surface area (Å²) in [5, 5.41) is 8.36. The minimum atomic E-state index is -0.959. The van der Waals surface area contributed by atoms with Gasteiger partial charge in [-0.3, -0.25) is 4.79 Å². The second-order valence-corrected chi connectivity index (χ2v) is 7.76. The SMILES string of the molecule is C[C@H](OC(=O)c1c2ccccc2cc2ccccc12)C(=O)Nc1cccc2ccccc12. The fourth-order valence-electron chi connectivity index (χ4n) is 4.08. The van der Waals surface area contributed by atoms with E-state index in [9.17, 15) is 9.59 Å². The Labute approximate surface area is 185 Å². The van der Waals surface area contributed by atoms with Crippen molar-refractivity contribution in [2.75, 3.05) is 5.32 Å². The van der Waals surface area contributed by atoms with Gasteiger partial charge in [-0.1, -0.05) is 84.9 Å². The summed E-state index contributed by atoms with van der Waals surface area (Å²) >= 11 is 0. The zero-order chi connectivity index (χ0) is 22.1. The standard InChI is InChI=1S/C28H21NO3/c1-18(27(30)29-25-16-8-12-19-9-2-5-13-22(19)25)32-28(31)26-23-14-6-3-10-20(23)17-21-11-4-7-15-24(21)26/h2-18H,1H3,(H,29,30)/t18-/m0/s1. The van der Waals surface area contributed by atoms with Crippen molar-refractivity contribution in [1.29, 1.82) is 0 Å². The third-order valence-corrected chi connectivity index (χ3v) is 5.68. The number of anilines is 1. The third kappa shape index (κ3) is 3.56. The summed E-state index contributed by atoms with van der Waals surface area (Å²) in [5.74, 6) is -0.891. The van der Waals surface area contributed by atoms with Crippen LogP contribution in [0.1, 0.15) is 17.3 Å². The van der Waals surface area contributed by atoms with Crippen LogP contribution in [0.2, 0.25) is 0 Å². The number of nitrogens with one attached hydrogen (secondary N) is 1. The number of amides is 1. The summed E-state index contributed by atoms with van der Waals surface area (Å²) in [6, 6.07) is 31.0. The number of esters is 1. The van der Waals surface area contributed by atoms with Crippen molar-refractivity contribution >= 4 is 49.9 Å². The van der Waals surface area contributed by atoms with E-state index in [1.54, 1.807) is 6.92 Å². The maximum Gasteiger partial charge on any atom is 0.340 e. The molecule has 0 saturated carbocycles. The molecule has 0 bridgehead atoms. The highest BCUT2D eigenvalue weighted by Crippen LogP contribution is 2.29. The zero-order valence-electron chi connectivity index (χ0n) is 17.5. The molecule has 0 fully saturated rings. The lowest BCUT2D eigenvalue weighted by Gasteiger charge is -2.16. The van der Waals surface area contributed by atoms with Crippen LogP contribution >= 0.6 is 0 Å². The van der Waals surface area contributed by atoms with Gasteiger partial charge in [-0.25, -0.2) is 4.79 Å². The highest BCUT2D eigenvalue weighted by molar-refractivity contribution is 6.17. The Hall–Kier alpha value is -4.18. The van der Waals surface area contributed by atoms with Crippen molar-refractivity contribution in [1.82, 2.24) is 0 Å². The first kappa shape index (κ1) is 19.8. The molecule has 5 rings (SSSR count). The van der Waals surface area contributed by atoms with E-state index in [0.717, 1.165) is 32.3 Å². The maximum atomic E-state index is 13.3. The topological polar surface area (TPSA) is 55.4 Å². The average molecular weight is 419 g/mol. The first-order valence-electron chi connectivity index (χ1n) is 10.5. The first-order valence-corrected chi connectivity index (χ1v) is 10.5. The highest BCUT2D eigenvalue weighted by atomic mass is 16.5. The van der Waals surface area contributed by atoms with Crippen LogP contribution in [0.5, 0.6) is 0 Å². The molecule has 156 valence electrons. The van der Waals surface area contributed by atoms with E-state index >= 15 is 0 Å². The summed E-state index contributed by atoms with van der Waals surface area (Å²) in [7, 11) is 0. The molecule has 0 aliphatic heterocycles. The minimum absolute atomic E-state index is 0.376. The van der Waals surface area contributed by atoms with Gasteiger partial charge in [-0.15, -0.1) is 0 Å². The molecule has 0 unspecified atom stereocenters. The van der Waals surface area contributed by atoms with Gasteiger partial charge in [0.1, 0.15) is 0 Å². The lowest BCUT2D eigenvalue weighted by atomic mass is 9.97. The van der Waals surface area contributed by atoms with Crippen LogP contribution in [0.3, 0.4) is 0 Å². The van der Waals surface area contributed by atoms with Gasteiger partial charge in [-0.05, 0) is 46.0 Å². The third-order valence-electron chi connectivity index (χ3n) is 5.68. The quantitative estimate of drug-likeness (QED) is 0.274. The fraction of sp³-hybridized carbons (Fsp3) is 0.0714. The molecular weight excluding hydrogens is 398 g/mol. The first-order chi connectivity index (χ1) is 15.6. The lowest BCUT2D eigenvalue weighted by Crippen LogP contribution is -2.30. The Balaban J connectivity index is 1.44. The fourth-order valence-corrected chi connectivity index (χ4v) is 4.08. The molecule has 32 heavy (non-hydrogen) atoms. The van der Waals surface area contributed by atoms with E-state index in [4.69, 9.17) is 4.74 Å². The van der Waals surface area contributed by atoms with E-state index < -0.39 is 12.1 Å². The van der Waals surface area contributed by atoms with E-state index in [1.165, 1.54) is 0 Å². The van der Waals surface area contributed by atoms with Gasteiger partial charge < -0.3 is 10.1 Å². The molecule has 0 aromatic heterocycles. The molecule has 4 heteroatoms. The van der Waals surface area contributed by atoms with Crippen LogP contribution in [0.25, 0.3) is 32.3 Å². The summed E-state index contributed by atoms with van der Waals surface area (Å²) in [6.45, 7) is 1.59. The monoisotopic (exact) mass is 419 g/mol. The van der Waals surface area contributed by atoms with Gasteiger partial charge in [0.2, 0.25) is 0 Å². The van der Waals surface area contributed by atoms with E-state index in [1.807, 2.05) is 91.0 Å². The van der Waals surface area contributed by atoms with Gasteiger partial charge in [0.25, 0.3) is 5.91 Å². The Morgan fingerprint density at radius 3 is 1.88 bits per heavy atom. The number of ether oxygens (including phenoxy) is 1. The molecule has 5 aromatic rings. The second kappa shape index (κ2) is 8.16. The Morgan fingerprint density at radius 1 is 0.688 bits per heavy atom. The number of carbonyl (C=O) groups is 2. The number of hydrogen-bond donors (Lipinski definition) is 1. The van der Waals surface area contributed by atoms with Crippen molar-refractivity contribution in [3.63, 3.8) is 0 Å². The molecule has 0 saturated heterocycles. The predicted octanol–water partition coefficient (Wildman–Crippen LogP) is 6.33. The van der Waals surface area contributed by atoms with E-state index in [-0.39, 0.29) is 5.91 Å². The summed E-state index contributed by atoms with van der Waals surface area (Å²) in [6.07, 6.45) is -0.959. The molecule has 0 radical (unpaired) electrons. The van der Waals surface area contributed by atoms with E-state index in [0.29, 0.717) is 11.3 Å². The minimum Gasteiger partial charge on any atom is -0.449 e. The van der Waals surface area contributed by atoms with Crippen molar-refractivity contribution < 1.29 is 14.3 Å². The van der Waals surface area contributed by atoms with Crippen LogP contribution in [0.4, 0.5) is 5.69 Å². The molecule has 1 atom stereocenters. The van der Waals surface area contributed by atoms with Crippen LogP contribution in [-0.4, -0.2) is 18.0 Å². The summed E-state index contributed by atoms with van der Waals surface area (Å²) < 4.78 is 5.65. The number of rotatable bonds is 4. The largest absolute Gasteiger partial charge is 0.449 e. The number of fused-ring (bicyclic) bond motifs is 3. The van der Waals surface area contributed by atoms with E-state index in [2.05, 4.69) is 11.4 Å². The zero-order valence-corrected chi connectivity index (χ0v) is 17.5. The molecule has 5 aromatic carbocycles. The van der Waals surface area contributed by atoms with Crippen molar-refractivity contribution in [2.24, 2.45) is 0 Å². The summed E-state index contributed by atoms with van der Waals surface area (Å²) in [4.78, 5) is 26.1. The Bertz CT molecular complexity index is 1430. The van der Waals surface area contributed by atoms with Crippen molar-refractivity contribution in [3.8, 4) is 0 Å². The molecule has 1 amide bonds. The highest BCUT2D eigenvalue weighted by Gasteiger charge is 2.22. The van der Waals surface area contributed by atoms with Gasteiger partial charge in [0.05, 0.1) is 5.56 Å². The number of hydrogen-bond acceptors (Lipinski definition) is 3. The van der Waals surface area contributed by atoms with Crippen LogP contribution in [0, 0.1) is 0 Å². The smallest absolute Gasteiger partial charge is 0.340 e. The number of carbonyl (C=O) groups excluding carboxylic acids is 2. The van der Waals surface area contributed by atoms with Crippen molar-refractivity contribution in [3.05, 3.63) is 103 Å². The van der Waals surface area contributed by atoms with Gasteiger partial charge >= 0.3 is 5.97 Å². The molecule has 0 aliphatic rings. The number of benzene rings is 5. The Kier molecular flexibility index (Phi) is 5.04. The average Bonchev–Trinajstić information content (AvgIpc) is 2.82. The van der Waals surface area contributed by atoms with Gasteiger partial charge in [0, 0.05) is 11.1 Å². The van der Waals surface area contributed by atoms with Crippen LogP contribution < -0.4 is 5.32 Å². The lowest BCUT2D eigenvalue weighted by molar-refractivity contribution is -0.123. The van der Waals surface area contributed by atoms with Crippen LogP contribution in [-0.2, 0) is 9.53 Å². The summed E-state index contributed by atoms with van der Waals surface area (Å²) in [5.41, 5.74) is 1.16. The normalized spacial score (nSPS) is 12.0. The van der Waals surface area contributed by atoms with Gasteiger partial charge in [-0.2, -0.15) is 0 Å². The molecule has 1 N–H and O–H groups in total. The van der Waals surface area contributed by atoms with Crippen LogP contribution in [0.15, 0.2) is 97.1 Å². The molecular formula is C28H21NO3. The van der Waals surface area contributed by atoms with Crippen molar-refractivity contribution in [2.45, 2.75) is 13.0 Å². The Morgan fingerprint density at radius 2 is 1.22 bits per heavy atom. The molecule has 0 spiro atoms.